The molecular formula is C19H17N5O. The zero-order valence-electron chi connectivity index (χ0n) is 13.5. The molecule has 4 rings (SSSR count). The van der Waals surface area contributed by atoms with Crippen LogP contribution >= 0.6 is 0 Å². The van der Waals surface area contributed by atoms with E-state index in [9.17, 15) is 0 Å². The maximum Gasteiger partial charge on any atom is 0.183 e. The maximum atomic E-state index is 9.15. The lowest BCUT2D eigenvalue weighted by atomic mass is 10.1. The summed E-state index contributed by atoms with van der Waals surface area (Å²) in [4.78, 5) is 16.4. The van der Waals surface area contributed by atoms with E-state index in [0.717, 1.165) is 28.3 Å². The van der Waals surface area contributed by atoms with Crippen LogP contribution in [0.4, 0.5) is 5.82 Å². The van der Waals surface area contributed by atoms with Gasteiger partial charge in [0.05, 0.1) is 6.61 Å². The molecule has 25 heavy (non-hydrogen) atoms. The average Bonchev–Trinajstić information content (AvgIpc) is 3.12. The van der Waals surface area contributed by atoms with Crippen LogP contribution in [0.25, 0.3) is 22.6 Å². The van der Waals surface area contributed by atoms with Crippen molar-refractivity contribution in [1.29, 1.82) is 0 Å². The lowest BCUT2D eigenvalue weighted by Gasteiger charge is -2.05. The Hall–Kier alpha value is -3.25. The molecule has 2 aromatic carbocycles. The van der Waals surface area contributed by atoms with E-state index in [2.05, 4.69) is 37.4 Å². The summed E-state index contributed by atoms with van der Waals surface area (Å²) in [6, 6.07) is 17.7. The molecular weight excluding hydrogens is 314 g/mol. The second-order valence-electron chi connectivity index (χ2n) is 5.70. The van der Waals surface area contributed by atoms with Gasteiger partial charge in [0.15, 0.2) is 11.5 Å². The SMILES string of the molecule is OCc1ccc(-c2nc3ncnc(NCc4ccccc4)c3[nH]2)cc1. The van der Waals surface area contributed by atoms with Gasteiger partial charge >= 0.3 is 0 Å². The van der Waals surface area contributed by atoms with Gasteiger partial charge in [0.25, 0.3) is 0 Å². The molecule has 2 aromatic heterocycles. The summed E-state index contributed by atoms with van der Waals surface area (Å²) in [6.07, 6.45) is 1.51. The van der Waals surface area contributed by atoms with Gasteiger partial charge in [0.1, 0.15) is 17.7 Å². The highest BCUT2D eigenvalue weighted by atomic mass is 16.3. The van der Waals surface area contributed by atoms with Crippen molar-refractivity contribution in [2.75, 3.05) is 5.32 Å². The lowest BCUT2D eigenvalue weighted by molar-refractivity contribution is 0.282. The number of anilines is 1. The number of H-pyrrole nitrogens is 1. The zero-order chi connectivity index (χ0) is 17.1. The van der Waals surface area contributed by atoms with Gasteiger partial charge < -0.3 is 15.4 Å². The third kappa shape index (κ3) is 3.20. The highest BCUT2D eigenvalue weighted by Crippen LogP contribution is 2.23. The molecule has 6 nitrogen and oxygen atoms in total. The first kappa shape index (κ1) is 15.3. The molecule has 0 unspecified atom stereocenters. The Morgan fingerprint density at radius 3 is 2.48 bits per heavy atom. The van der Waals surface area contributed by atoms with Crippen molar-refractivity contribution < 1.29 is 5.11 Å². The van der Waals surface area contributed by atoms with Gasteiger partial charge in [-0.2, -0.15) is 0 Å². The number of rotatable bonds is 5. The number of hydrogen-bond acceptors (Lipinski definition) is 5. The first-order chi connectivity index (χ1) is 12.3. The van der Waals surface area contributed by atoms with E-state index >= 15 is 0 Å². The fourth-order valence-electron chi connectivity index (χ4n) is 2.65. The summed E-state index contributed by atoms with van der Waals surface area (Å²) in [5.74, 6) is 1.45. The molecule has 3 N–H and O–H groups in total. The van der Waals surface area contributed by atoms with Crippen LogP contribution in [0.5, 0.6) is 0 Å². The Bertz CT molecular complexity index is 980. The number of aromatic amines is 1. The van der Waals surface area contributed by atoms with E-state index in [0.29, 0.717) is 12.2 Å². The van der Waals surface area contributed by atoms with E-state index in [4.69, 9.17) is 5.11 Å². The fraction of sp³-hybridized carbons (Fsp3) is 0.105. The number of aliphatic hydroxyl groups is 1. The van der Waals surface area contributed by atoms with Crippen molar-refractivity contribution in [2.45, 2.75) is 13.2 Å². The Balaban J connectivity index is 1.63. The quantitative estimate of drug-likeness (QED) is 0.523. The summed E-state index contributed by atoms with van der Waals surface area (Å²) >= 11 is 0. The van der Waals surface area contributed by atoms with Crippen molar-refractivity contribution in [2.24, 2.45) is 0 Å². The van der Waals surface area contributed by atoms with Crippen molar-refractivity contribution in [1.82, 2.24) is 19.9 Å². The van der Waals surface area contributed by atoms with Crippen LogP contribution in [-0.4, -0.2) is 25.0 Å². The average molecular weight is 331 g/mol. The normalized spacial score (nSPS) is 10.9. The molecule has 0 saturated heterocycles. The van der Waals surface area contributed by atoms with Gasteiger partial charge in [-0.15, -0.1) is 0 Å². The van der Waals surface area contributed by atoms with Crippen LogP contribution in [0.3, 0.4) is 0 Å². The molecule has 0 atom stereocenters. The standard InChI is InChI=1S/C19H17N5O/c25-11-14-6-8-15(9-7-14)17-23-16-18(21-12-22-19(16)24-17)20-10-13-4-2-1-3-5-13/h1-9,12,25H,10-11H2,(H2,20,21,22,23,24). The van der Waals surface area contributed by atoms with E-state index < -0.39 is 0 Å². The van der Waals surface area contributed by atoms with Crippen LogP contribution in [0.15, 0.2) is 60.9 Å². The van der Waals surface area contributed by atoms with Crippen molar-refractivity contribution in [3.63, 3.8) is 0 Å². The summed E-state index contributed by atoms with van der Waals surface area (Å²) in [5, 5.41) is 12.5. The Morgan fingerprint density at radius 1 is 0.920 bits per heavy atom. The predicted molar refractivity (Wildman–Crippen MR) is 96.8 cm³/mol. The number of benzene rings is 2. The van der Waals surface area contributed by atoms with E-state index in [1.54, 1.807) is 0 Å². The molecule has 0 spiro atoms. The van der Waals surface area contributed by atoms with Gasteiger partial charge in [-0.05, 0) is 11.1 Å². The largest absolute Gasteiger partial charge is 0.392 e. The lowest BCUT2D eigenvalue weighted by Crippen LogP contribution is -2.02. The smallest absolute Gasteiger partial charge is 0.183 e. The third-order valence-electron chi connectivity index (χ3n) is 4.00. The van der Waals surface area contributed by atoms with Crippen molar-refractivity contribution >= 4 is 17.0 Å². The van der Waals surface area contributed by atoms with E-state index in [-0.39, 0.29) is 6.61 Å². The molecule has 124 valence electrons. The van der Waals surface area contributed by atoms with Gasteiger partial charge in [-0.3, -0.25) is 0 Å². The molecule has 4 aromatic rings. The zero-order valence-corrected chi connectivity index (χ0v) is 13.5. The third-order valence-corrected chi connectivity index (χ3v) is 4.00. The summed E-state index contributed by atoms with van der Waals surface area (Å²) < 4.78 is 0. The van der Waals surface area contributed by atoms with E-state index in [1.165, 1.54) is 11.9 Å². The molecule has 0 aliphatic heterocycles. The summed E-state index contributed by atoms with van der Waals surface area (Å²) in [6.45, 7) is 0.700. The minimum atomic E-state index is 0.0272. The number of nitrogens with one attached hydrogen (secondary N) is 2. The van der Waals surface area contributed by atoms with Crippen LogP contribution < -0.4 is 5.32 Å². The van der Waals surface area contributed by atoms with Crippen LogP contribution in [0.1, 0.15) is 11.1 Å². The fourth-order valence-corrected chi connectivity index (χ4v) is 2.65. The monoisotopic (exact) mass is 331 g/mol. The molecule has 0 fully saturated rings. The van der Waals surface area contributed by atoms with E-state index in [1.807, 2.05) is 42.5 Å². The summed E-state index contributed by atoms with van der Waals surface area (Å²) in [7, 11) is 0. The highest BCUT2D eigenvalue weighted by molar-refractivity contribution is 5.85. The van der Waals surface area contributed by atoms with Crippen LogP contribution in [0.2, 0.25) is 0 Å². The first-order valence-electron chi connectivity index (χ1n) is 8.02. The topological polar surface area (TPSA) is 86.7 Å². The number of aromatic nitrogens is 4. The molecule has 0 bridgehead atoms. The number of fused-ring (bicyclic) bond motifs is 1. The van der Waals surface area contributed by atoms with Gasteiger partial charge in [-0.1, -0.05) is 54.6 Å². The summed E-state index contributed by atoms with van der Waals surface area (Å²) in [5.41, 5.74) is 4.37. The molecule has 2 heterocycles. The number of nitrogens with zero attached hydrogens (tertiary/aromatic N) is 3. The molecule has 6 heteroatoms. The maximum absolute atomic E-state index is 9.15. The van der Waals surface area contributed by atoms with Crippen molar-refractivity contribution in [3.8, 4) is 11.4 Å². The molecule has 0 radical (unpaired) electrons. The number of imidazole rings is 1. The Kier molecular flexibility index (Phi) is 4.10. The van der Waals surface area contributed by atoms with Crippen molar-refractivity contribution in [3.05, 3.63) is 72.1 Å². The second-order valence-corrected chi connectivity index (χ2v) is 5.70. The predicted octanol–water partition coefficient (Wildman–Crippen LogP) is 3.12. The minimum Gasteiger partial charge on any atom is -0.392 e. The van der Waals surface area contributed by atoms with Gasteiger partial charge in [-0.25, -0.2) is 15.0 Å². The highest BCUT2D eigenvalue weighted by Gasteiger charge is 2.11. The minimum absolute atomic E-state index is 0.0272. The molecule has 0 saturated carbocycles. The van der Waals surface area contributed by atoms with Crippen LogP contribution in [-0.2, 0) is 13.2 Å². The Morgan fingerprint density at radius 2 is 1.72 bits per heavy atom. The molecule has 0 aliphatic carbocycles. The first-order valence-corrected chi connectivity index (χ1v) is 8.02. The second kappa shape index (κ2) is 6.70. The molecule has 0 amide bonds. The van der Waals surface area contributed by atoms with Gasteiger partial charge in [0.2, 0.25) is 0 Å². The van der Waals surface area contributed by atoms with Crippen LogP contribution in [0, 0.1) is 0 Å². The van der Waals surface area contributed by atoms with Gasteiger partial charge in [0, 0.05) is 12.1 Å². The Labute approximate surface area is 144 Å². The number of aliphatic hydroxyl groups excluding tert-OH is 1. The number of hydrogen-bond donors (Lipinski definition) is 3. The molecule has 0 aliphatic rings.